The summed E-state index contributed by atoms with van der Waals surface area (Å²) in [5.41, 5.74) is 3.59. The van der Waals surface area contributed by atoms with E-state index in [1.54, 1.807) is 0 Å². The Morgan fingerprint density at radius 3 is 2.83 bits per heavy atom. The maximum absolute atomic E-state index is 5.77. The molecular weight excluding hydrogens is 224 g/mol. The first-order valence-corrected chi connectivity index (χ1v) is 6.90. The predicted octanol–water partition coefficient (Wildman–Crippen LogP) is 2.97. The summed E-state index contributed by atoms with van der Waals surface area (Å²) in [6.07, 6.45) is 4.81. The Morgan fingerprint density at radius 2 is 2.00 bits per heavy atom. The SMILES string of the molecule is Cc1cccc2c1OCC/C2=N\N1CCCCC1. The summed E-state index contributed by atoms with van der Waals surface area (Å²) >= 11 is 0. The van der Waals surface area contributed by atoms with Crippen molar-refractivity contribution in [2.75, 3.05) is 19.7 Å². The van der Waals surface area contributed by atoms with Gasteiger partial charge in [0.1, 0.15) is 5.75 Å². The summed E-state index contributed by atoms with van der Waals surface area (Å²) in [7, 11) is 0. The molecule has 0 amide bonds. The van der Waals surface area contributed by atoms with E-state index in [1.165, 1.54) is 36.1 Å². The molecule has 0 bridgehead atoms. The third kappa shape index (κ3) is 2.22. The van der Waals surface area contributed by atoms with Gasteiger partial charge in [0.15, 0.2) is 0 Å². The molecule has 3 heteroatoms. The molecule has 0 N–H and O–H groups in total. The van der Waals surface area contributed by atoms with Crippen LogP contribution in [0.2, 0.25) is 0 Å². The largest absolute Gasteiger partial charge is 0.492 e. The smallest absolute Gasteiger partial charge is 0.131 e. The third-order valence-electron chi connectivity index (χ3n) is 3.70. The maximum Gasteiger partial charge on any atom is 0.131 e. The van der Waals surface area contributed by atoms with Crippen LogP contribution in [0, 0.1) is 6.92 Å². The lowest BCUT2D eigenvalue weighted by molar-refractivity contribution is 0.236. The van der Waals surface area contributed by atoms with E-state index in [9.17, 15) is 0 Å². The molecule has 0 unspecified atom stereocenters. The van der Waals surface area contributed by atoms with Gasteiger partial charge in [0.05, 0.1) is 12.3 Å². The van der Waals surface area contributed by atoms with E-state index in [4.69, 9.17) is 9.84 Å². The summed E-state index contributed by atoms with van der Waals surface area (Å²) < 4.78 is 5.77. The average molecular weight is 244 g/mol. The van der Waals surface area contributed by atoms with E-state index in [0.717, 1.165) is 31.9 Å². The van der Waals surface area contributed by atoms with Crippen molar-refractivity contribution in [3.63, 3.8) is 0 Å². The fourth-order valence-corrected chi connectivity index (χ4v) is 2.71. The van der Waals surface area contributed by atoms with E-state index in [0.29, 0.717) is 0 Å². The van der Waals surface area contributed by atoms with Crippen LogP contribution in [-0.2, 0) is 0 Å². The molecule has 0 aliphatic carbocycles. The highest BCUT2D eigenvalue weighted by Crippen LogP contribution is 2.29. The molecule has 2 heterocycles. The van der Waals surface area contributed by atoms with Crippen molar-refractivity contribution in [2.45, 2.75) is 32.6 Å². The first kappa shape index (κ1) is 11.6. The molecular formula is C15H20N2O. The van der Waals surface area contributed by atoms with Crippen LogP contribution in [0.15, 0.2) is 23.3 Å². The number of hydrogen-bond acceptors (Lipinski definition) is 3. The number of piperidine rings is 1. The summed E-state index contributed by atoms with van der Waals surface area (Å²) in [5, 5.41) is 7.08. The number of nitrogens with zero attached hydrogens (tertiary/aromatic N) is 2. The van der Waals surface area contributed by atoms with Gasteiger partial charge in [-0.15, -0.1) is 0 Å². The van der Waals surface area contributed by atoms with E-state index >= 15 is 0 Å². The zero-order chi connectivity index (χ0) is 12.4. The van der Waals surface area contributed by atoms with Crippen molar-refractivity contribution in [2.24, 2.45) is 5.10 Å². The minimum Gasteiger partial charge on any atom is -0.492 e. The number of fused-ring (bicyclic) bond motifs is 1. The molecule has 2 aliphatic heterocycles. The number of aryl methyl sites for hydroxylation is 1. The fourth-order valence-electron chi connectivity index (χ4n) is 2.71. The van der Waals surface area contributed by atoms with Crippen LogP contribution in [0.4, 0.5) is 0 Å². The minimum atomic E-state index is 0.754. The maximum atomic E-state index is 5.77. The molecule has 0 saturated carbocycles. The van der Waals surface area contributed by atoms with Crippen LogP contribution in [0.1, 0.15) is 36.8 Å². The lowest BCUT2D eigenvalue weighted by atomic mass is 10.0. The van der Waals surface area contributed by atoms with Crippen LogP contribution >= 0.6 is 0 Å². The molecule has 1 aromatic rings. The van der Waals surface area contributed by atoms with Crippen molar-refractivity contribution in [3.8, 4) is 5.75 Å². The lowest BCUT2D eigenvalue weighted by Gasteiger charge is -2.27. The van der Waals surface area contributed by atoms with Crippen LogP contribution in [-0.4, -0.2) is 30.4 Å². The Bertz CT molecular complexity index is 462. The Morgan fingerprint density at radius 1 is 1.17 bits per heavy atom. The third-order valence-corrected chi connectivity index (χ3v) is 3.70. The molecule has 0 spiro atoms. The Balaban J connectivity index is 1.90. The number of ether oxygens (including phenoxy) is 1. The van der Waals surface area contributed by atoms with Gasteiger partial charge in [0, 0.05) is 25.1 Å². The van der Waals surface area contributed by atoms with Crippen LogP contribution < -0.4 is 4.74 Å². The second-order valence-electron chi connectivity index (χ2n) is 5.11. The molecule has 1 aromatic carbocycles. The van der Waals surface area contributed by atoms with Gasteiger partial charge in [0.25, 0.3) is 0 Å². The lowest BCUT2D eigenvalue weighted by Crippen LogP contribution is -2.28. The molecule has 2 aliphatic rings. The van der Waals surface area contributed by atoms with Gasteiger partial charge in [0.2, 0.25) is 0 Å². The molecule has 1 fully saturated rings. The fraction of sp³-hybridized carbons (Fsp3) is 0.533. The first-order chi connectivity index (χ1) is 8.84. The Kier molecular flexibility index (Phi) is 3.22. The monoisotopic (exact) mass is 244 g/mol. The van der Waals surface area contributed by atoms with Crippen molar-refractivity contribution >= 4 is 5.71 Å². The first-order valence-electron chi connectivity index (χ1n) is 6.90. The zero-order valence-corrected chi connectivity index (χ0v) is 11.0. The normalized spacial score (nSPS) is 21.6. The molecule has 0 atom stereocenters. The van der Waals surface area contributed by atoms with Crippen LogP contribution in [0.3, 0.4) is 0 Å². The van der Waals surface area contributed by atoms with Crippen LogP contribution in [0.25, 0.3) is 0 Å². The summed E-state index contributed by atoms with van der Waals surface area (Å²) in [4.78, 5) is 0. The van der Waals surface area contributed by atoms with E-state index < -0.39 is 0 Å². The molecule has 96 valence electrons. The highest BCUT2D eigenvalue weighted by molar-refractivity contribution is 6.03. The zero-order valence-electron chi connectivity index (χ0n) is 11.0. The molecule has 3 rings (SSSR count). The highest BCUT2D eigenvalue weighted by atomic mass is 16.5. The van der Waals surface area contributed by atoms with Gasteiger partial charge in [-0.25, -0.2) is 0 Å². The van der Waals surface area contributed by atoms with E-state index in [1.807, 2.05) is 0 Å². The number of hydrazone groups is 1. The molecule has 0 aromatic heterocycles. The van der Waals surface area contributed by atoms with Gasteiger partial charge in [-0.2, -0.15) is 5.10 Å². The molecule has 3 nitrogen and oxygen atoms in total. The quantitative estimate of drug-likeness (QED) is 0.758. The number of benzene rings is 1. The Hall–Kier alpha value is -1.51. The van der Waals surface area contributed by atoms with Gasteiger partial charge in [-0.1, -0.05) is 12.1 Å². The van der Waals surface area contributed by atoms with Gasteiger partial charge >= 0.3 is 0 Å². The van der Waals surface area contributed by atoms with E-state index in [-0.39, 0.29) is 0 Å². The molecule has 18 heavy (non-hydrogen) atoms. The molecule has 1 saturated heterocycles. The minimum absolute atomic E-state index is 0.754. The van der Waals surface area contributed by atoms with Crippen molar-refractivity contribution in [1.82, 2.24) is 5.01 Å². The summed E-state index contributed by atoms with van der Waals surface area (Å²) in [5.74, 6) is 1.03. The van der Waals surface area contributed by atoms with Crippen molar-refractivity contribution < 1.29 is 4.74 Å². The molecule has 0 radical (unpaired) electrons. The van der Waals surface area contributed by atoms with Crippen LogP contribution in [0.5, 0.6) is 5.75 Å². The highest BCUT2D eigenvalue weighted by Gasteiger charge is 2.19. The number of hydrogen-bond donors (Lipinski definition) is 0. The van der Waals surface area contributed by atoms with Gasteiger partial charge < -0.3 is 4.74 Å². The summed E-state index contributed by atoms with van der Waals surface area (Å²) in [6.45, 7) is 5.06. The predicted molar refractivity (Wildman–Crippen MR) is 73.3 cm³/mol. The number of rotatable bonds is 1. The topological polar surface area (TPSA) is 24.8 Å². The number of para-hydroxylation sites is 1. The second-order valence-corrected chi connectivity index (χ2v) is 5.11. The average Bonchev–Trinajstić information content (AvgIpc) is 2.41. The van der Waals surface area contributed by atoms with Gasteiger partial charge in [-0.3, -0.25) is 5.01 Å². The summed E-state index contributed by atoms with van der Waals surface area (Å²) in [6, 6.07) is 6.32. The van der Waals surface area contributed by atoms with E-state index in [2.05, 4.69) is 30.1 Å². The Labute approximate surface area is 108 Å². The standard InChI is InChI=1S/C15H20N2O/c1-12-6-5-7-13-14(8-11-18-15(12)13)16-17-9-3-2-4-10-17/h5-7H,2-4,8-11H2,1H3/b16-14+. The second kappa shape index (κ2) is 5.01. The van der Waals surface area contributed by atoms with Gasteiger partial charge in [-0.05, 0) is 37.8 Å². The van der Waals surface area contributed by atoms with Crippen molar-refractivity contribution in [3.05, 3.63) is 29.3 Å². The van der Waals surface area contributed by atoms with Crippen molar-refractivity contribution in [1.29, 1.82) is 0 Å².